The molecule has 0 heterocycles. The zero-order valence-corrected chi connectivity index (χ0v) is 9.25. The van der Waals surface area contributed by atoms with Crippen LogP contribution in [0.5, 0.6) is 0 Å². The van der Waals surface area contributed by atoms with Crippen molar-refractivity contribution < 1.29 is 4.92 Å². The minimum atomic E-state index is -0.462. The summed E-state index contributed by atoms with van der Waals surface area (Å²) in [7, 11) is 0. The zero-order chi connectivity index (χ0) is 11.3. The highest BCUT2D eigenvalue weighted by atomic mass is 35.5. The summed E-state index contributed by atoms with van der Waals surface area (Å²) in [6, 6.07) is 4.88. The smallest absolute Gasteiger partial charge is 0.310 e. The number of halogens is 1. The molecule has 1 aromatic carbocycles. The number of benzene rings is 1. The number of rotatable bonds is 5. The van der Waals surface area contributed by atoms with E-state index in [-0.39, 0.29) is 10.7 Å². The summed E-state index contributed by atoms with van der Waals surface area (Å²) in [5.74, 6) is 0. The molecule has 0 amide bonds. The Balaban J connectivity index is 2.86. The maximum absolute atomic E-state index is 10.8. The predicted molar refractivity (Wildman–Crippen MR) is 61.5 cm³/mol. The maximum atomic E-state index is 10.8. The topological polar surface area (TPSA) is 55.2 Å². The van der Waals surface area contributed by atoms with Crippen LogP contribution >= 0.6 is 11.6 Å². The third kappa shape index (κ3) is 3.09. The van der Waals surface area contributed by atoms with E-state index in [1.165, 1.54) is 6.07 Å². The highest BCUT2D eigenvalue weighted by Crippen LogP contribution is 2.32. The third-order valence-corrected chi connectivity index (χ3v) is 2.32. The Hall–Kier alpha value is -1.29. The van der Waals surface area contributed by atoms with Crippen LogP contribution in [0.4, 0.5) is 11.4 Å². The number of nitrogens with one attached hydrogen (secondary N) is 1. The molecule has 0 aliphatic carbocycles. The Morgan fingerprint density at radius 1 is 1.53 bits per heavy atom. The second kappa shape index (κ2) is 5.56. The van der Waals surface area contributed by atoms with Gasteiger partial charge in [-0.2, -0.15) is 0 Å². The number of para-hydroxylation sites is 1. The van der Waals surface area contributed by atoms with E-state index in [4.69, 9.17) is 11.6 Å². The molecule has 15 heavy (non-hydrogen) atoms. The largest absolute Gasteiger partial charge is 0.379 e. The molecule has 1 rings (SSSR count). The van der Waals surface area contributed by atoms with Crippen molar-refractivity contribution in [1.29, 1.82) is 0 Å². The Kier molecular flexibility index (Phi) is 4.37. The van der Waals surface area contributed by atoms with Crippen LogP contribution in [-0.2, 0) is 0 Å². The van der Waals surface area contributed by atoms with Crippen molar-refractivity contribution in [2.75, 3.05) is 11.9 Å². The van der Waals surface area contributed by atoms with E-state index in [0.717, 1.165) is 19.4 Å². The van der Waals surface area contributed by atoms with Crippen LogP contribution in [0.15, 0.2) is 18.2 Å². The molecule has 0 aliphatic rings. The first-order valence-electron chi connectivity index (χ1n) is 4.83. The number of unbranched alkanes of at least 4 members (excludes halogenated alkanes) is 1. The summed E-state index contributed by atoms with van der Waals surface area (Å²) < 4.78 is 0. The molecule has 0 fully saturated rings. The van der Waals surface area contributed by atoms with Gasteiger partial charge >= 0.3 is 5.69 Å². The Morgan fingerprint density at radius 3 is 2.87 bits per heavy atom. The van der Waals surface area contributed by atoms with Crippen molar-refractivity contribution in [3.63, 3.8) is 0 Å². The zero-order valence-electron chi connectivity index (χ0n) is 8.50. The molecule has 0 aliphatic heterocycles. The minimum Gasteiger partial charge on any atom is -0.379 e. The van der Waals surface area contributed by atoms with Crippen LogP contribution in [0.3, 0.4) is 0 Å². The van der Waals surface area contributed by atoms with Crippen molar-refractivity contribution in [3.05, 3.63) is 33.3 Å². The first-order valence-corrected chi connectivity index (χ1v) is 5.21. The van der Waals surface area contributed by atoms with Crippen LogP contribution < -0.4 is 5.32 Å². The molecule has 1 aromatic rings. The average molecular weight is 229 g/mol. The van der Waals surface area contributed by atoms with Gasteiger partial charge in [0.25, 0.3) is 0 Å². The van der Waals surface area contributed by atoms with E-state index < -0.39 is 4.92 Å². The number of nitro benzene ring substituents is 1. The van der Waals surface area contributed by atoms with Crippen molar-refractivity contribution in [3.8, 4) is 0 Å². The number of hydrogen-bond donors (Lipinski definition) is 1. The monoisotopic (exact) mass is 228 g/mol. The summed E-state index contributed by atoms with van der Waals surface area (Å²) in [6.07, 6.45) is 2.02. The molecule has 0 spiro atoms. The van der Waals surface area contributed by atoms with E-state index in [1.807, 2.05) is 0 Å². The fourth-order valence-electron chi connectivity index (χ4n) is 1.24. The highest BCUT2D eigenvalue weighted by molar-refractivity contribution is 6.33. The molecule has 1 N–H and O–H groups in total. The molecule has 4 nitrogen and oxygen atoms in total. The number of nitrogens with zero attached hydrogens (tertiary/aromatic N) is 1. The number of hydrogen-bond acceptors (Lipinski definition) is 3. The fraction of sp³-hybridized carbons (Fsp3) is 0.400. The van der Waals surface area contributed by atoms with Gasteiger partial charge in [-0.25, -0.2) is 0 Å². The summed E-state index contributed by atoms with van der Waals surface area (Å²) >= 11 is 5.76. The summed E-state index contributed by atoms with van der Waals surface area (Å²) in [5.41, 5.74) is 0.441. The lowest BCUT2D eigenvalue weighted by Crippen LogP contribution is -2.04. The summed E-state index contributed by atoms with van der Waals surface area (Å²) in [6.45, 7) is 2.78. The van der Waals surface area contributed by atoms with Gasteiger partial charge < -0.3 is 5.32 Å². The average Bonchev–Trinajstić information content (AvgIpc) is 2.17. The molecule has 0 aromatic heterocycles. The van der Waals surface area contributed by atoms with Crippen molar-refractivity contribution in [2.24, 2.45) is 0 Å². The van der Waals surface area contributed by atoms with Gasteiger partial charge in [0.05, 0.1) is 4.92 Å². The molecular formula is C10H13ClN2O2. The minimum absolute atomic E-state index is 0.0460. The Bertz CT molecular complexity index is 355. The molecule has 0 saturated carbocycles. The van der Waals surface area contributed by atoms with E-state index >= 15 is 0 Å². The SMILES string of the molecule is CCCCNc1cccc(Cl)c1[N+](=O)[O-]. The van der Waals surface area contributed by atoms with Crippen molar-refractivity contribution >= 4 is 23.0 Å². The van der Waals surface area contributed by atoms with Gasteiger partial charge in [0.15, 0.2) is 0 Å². The maximum Gasteiger partial charge on any atom is 0.310 e. The lowest BCUT2D eigenvalue weighted by molar-refractivity contribution is -0.383. The van der Waals surface area contributed by atoms with Gasteiger partial charge in [-0.15, -0.1) is 0 Å². The molecule has 0 bridgehead atoms. The van der Waals surface area contributed by atoms with Crippen LogP contribution in [0.25, 0.3) is 0 Å². The third-order valence-electron chi connectivity index (χ3n) is 2.02. The molecule has 0 radical (unpaired) electrons. The lowest BCUT2D eigenvalue weighted by atomic mass is 10.2. The predicted octanol–water partition coefficient (Wildman–Crippen LogP) is 3.46. The molecule has 0 unspecified atom stereocenters. The second-order valence-electron chi connectivity index (χ2n) is 3.17. The van der Waals surface area contributed by atoms with E-state index in [9.17, 15) is 10.1 Å². The van der Waals surface area contributed by atoms with Gasteiger partial charge in [-0.05, 0) is 18.6 Å². The standard InChI is InChI=1S/C10H13ClN2O2/c1-2-3-7-12-9-6-4-5-8(11)10(9)13(14)15/h4-6,12H,2-3,7H2,1H3. The molecule has 5 heteroatoms. The fourth-order valence-corrected chi connectivity index (χ4v) is 1.49. The number of nitro groups is 1. The lowest BCUT2D eigenvalue weighted by Gasteiger charge is -2.06. The Labute approximate surface area is 93.4 Å². The normalized spacial score (nSPS) is 10.0. The quantitative estimate of drug-likeness (QED) is 0.477. The van der Waals surface area contributed by atoms with Gasteiger partial charge in [0.1, 0.15) is 10.7 Å². The molecule has 82 valence electrons. The molecule has 0 atom stereocenters. The van der Waals surface area contributed by atoms with Gasteiger partial charge in [0.2, 0.25) is 0 Å². The summed E-state index contributed by atoms with van der Waals surface area (Å²) in [4.78, 5) is 10.3. The van der Waals surface area contributed by atoms with Gasteiger partial charge in [-0.3, -0.25) is 10.1 Å². The number of anilines is 1. The van der Waals surface area contributed by atoms with Crippen molar-refractivity contribution in [2.45, 2.75) is 19.8 Å². The van der Waals surface area contributed by atoms with E-state index in [2.05, 4.69) is 12.2 Å². The second-order valence-corrected chi connectivity index (χ2v) is 3.58. The van der Waals surface area contributed by atoms with E-state index in [0.29, 0.717) is 5.69 Å². The first-order chi connectivity index (χ1) is 7.16. The van der Waals surface area contributed by atoms with Crippen LogP contribution in [0.2, 0.25) is 5.02 Å². The molecular weight excluding hydrogens is 216 g/mol. The van der Waals surface area contributed by atoms with Crippen LogP contribution in [0.1, 0.15) is 19.8 Å². The molecule has 0 saturated heterocycles. The first kappa shape index (κ1) is 11.8. The van der Waals surface area contributed by atoms with E-state index in [1.54, 1.807) is 12.1 Å². The van der Waals surface area contributed by atoms with Crippen molar-refractivity contribution in [1.82, 2.24) is 0 Å². The van der Waals surface area contributed by atoms with Gasteiger partial charge in [-0.1, -0.05) is 31.0 Å². The highest BCUT2D eigenvalue weighted by Gasteiger charge is 2.17. The van der Waals surface area contributed by atoms with Crippen LogP contribution in [0, 0.1) is 10.1 Å². The summed E-state index contributed by atoms with van der Waals surface area (Å²) in [5, 5.41) is 13.9. The Morgan fingerprint density at radius 2 is 2.27 bits per heavy atom. The van der Waals surface area contributed by atoms with Crippen LogP contribution in [-0.4, -0.2) is 11.5 Å². The van der Waals surface area contributed by atoms with Gasteiger partial charge in [0, 0.05) is 6.54 Å².